The van der Waals surface area contributed by atoms with E-state index in [2.05, 4.69) is 50.5 Å². The van der Waals surface area contributed by atoms with Gasteiger partial charge in [-0.15, -0.1) is 11.3 Å². The maximum atomic E-state index is 12.6. The van der Waals surface area contributed by atoms with Crippen molar-refractivity contribution in [3.05, 3.63) is 94.9 Å². The molecule has 0 aliphatic carbocycles. The van der Waals surface area contributed by atoms with Gasteiger partial charge in [0.15, 0.2) is 0 Å². The number of anilines is 1. The van der Waals surface area contributed by atoms with Crippen molar-refractivity contribution in [2.45, 2.75) is 33.1 Å². The van der Waals surface area contributed by atoms with E-state index in [4.69, 9.17) is 4.98 Å². The van der Waals surface area contributed by atoms with Crippen LogP contribution < -0.4 is 5.32 Å². The van der Waals surface area contributed by atoms with Gasteiger partial charge in [0.1, 0.15) is 5.01 Å². The number of aromatic nitrogens is 1. The topological polar surface area (TPSA) is 42.0 Å². The first kappa shape index (κ1) is 21.0. The minimum absolute atomic E-state index is 0.0690. The average molecular weight is 427 g/mol. The first-order valence-electron chi connectivity index (χ1n) is 10.3. The third-order valence-corrected chi connectivity index (χ3v) is 6.21. The molecule has 4 heteroatoms. The Morgan fingerprint density at radius 2 is 1.58 bits per heavy atom. The number of aryl methyl sites for hydroxylation is 1. The summed E-state index contributed by atoms with van der Waals surface area (Å²) in [5.41, 5.74) is 7.06. The number of benzene rings is 3. The summed E-state index contributed by atoms with van der Waals surface area (Å²) in [6, 6.07) is 23.9. The molecule has 0 aliphatic rings. The van der Waals surface area contributed by atoms with Gasteiger partial charge in [0.05, 0.1) is 5.69 Å². The summed E-state index contributed by atoms with van der Waals surface area (Å²) in [5.74, 6) is -0.108. The second-order valence-electron chi connectivity index (χ2n) is 8.71. The monoisotopic (exact) mass is 426 g/mol. The summed E-state index contributed by atoms with van der Waals surface area (Å²) in [5, 5.41) is 6.07. The maximum absolute atomic E-state index is 12.6. The van der Waals surface area contributed by atoms with Gasteiger partial charge in [0, 0.05) is 27.8 Å². The first-order chi connectivity index (χ1) is 14.8. The highest BCUT2D eigenvalue weighted by atomic mass is 32.1. The molecule has 0 saturated carbocycles. The second-order valence-corrected chi connectivity index (χ2v) is 9.57. The number of nitrogens with one attached hydrogen (secondary N) is 1. The van der Waals surface area contributed by atoms with Crippen LogP contribution >= 0.6 is 11.3 Å². The van der Waals surface area contributed by atoms with Crippen molar-refractivity contribution in [2.75, 3.05) is 5.32 Å². The van der Waals surface area contributed by atoms with Crippen LogP contribution in [0, 0.1) is 6.92 Å². The van der Waals surface area contributed by atoms with Crippen molar-refractivity contribution < 1.29 is 4.79 Å². The predicted molar refractivity (Wildman–Crippen MR) is 131 cm³/mol. The molecule has 31 heavy (non-hydrogen) atoms. The average Bonchev–Trinajstić information content (AvgIpc) is 3.24. The lowest BCUT2D eigenvalue weighted by molar-refractivity contribution is 0.102. The van der Waals surface area contributed by atoms with Crippen LogP contribution in [-0.4, -0.2) is 10.9 Å². The molecule has 1 amide bonds. The van der Waals surface area contributed by atoms with Crippen LogP contribution in [0.2, 0.25) is 0 Å². The van der Waals surface area contributed by atoms with E-state index in [-0.39, 0.29) is 11.3 Å². The number of carbonyl (C=O) groups is 1. The smallest absolute Gasteiger partial charge is 0.255 e. The molecule has 1 N–H and O–H groups in total. The lowest BCUT2D eigenvalue weighted by Gasteiger charge is -2.19. The van der Waals surface area contributed by atoms with Gasteiger partial charge >= 0.3 is 0 Å². The molecular formula is C27H26N2OS. The number of hydrogen-bond acceptors (Lipinski definition) is 3. The Kier molecular flexibility index (Phi) is 5.75. The van der Waals surface area contributed by atoms with Gasteiger partial charge in [-0.2, -0.15) is 0 Å². The highest BCUT2D eigenvalue weighted by Crippen LogP contribution is 2.31. The Labute approximate surface area is 187 Å². The third kappa shape index (κ3) is 4.75. The van der Waals surface area contributed by atoms with Gasteiger partial charge in [-0.25, -0.2) is 4.98 Å². The van der Waals surface area contributed by atoms with E-state index in [1.54, 1.807) is 11.3 Å². The van der Waals surface area contributed by atoms with Crippen molar-refractivity contribution in [1.29, 1.82) is 0 Å². The Morgan fingerprint density at radius 3 is 2.23 bits per heavy atom. The Balaban J connectivity index is 1.46. The lowest BCUT2D eigenvalue weighted by Crippen LogP contribution is -2.14. The summed E-state index contributed by atoms with van der Waals surface area (Å²) in [6.45, 7) is 8.59. The molecule has 0 aliphatic heterocycles. The molecule has 0 bridgehead atoms. The maximum Gasteiger partial charge on any atom is 0.255 e. The number of thiazole rings is 1. The zero-order valence-corrected chi connectivity index (χ0v) is 19.1. The fraction of sp³-hybridized carbons (Fsp3) is 0.185. The van der Waals surface area contributed by atoms with Crippen LogP contribution in [0.3, 0.4) is 0 Å². The molecule has 4 rings (SSSR count). The largest absolute Gasteiger partial charge is 0.322 e. The minimum Gasteiger partial charge on any atom is -0.322 e. The van der Waals surface area contributed by atoms with Gasteiger partial charge in [-0.1, -0.05) is 69.3 Å². The molecule has 156 valence electrons. The Hall–Kier alpha value is -3.24. The van der Waals surface area contributed by atoms with E-state index in [1.807, 2.05) is 60.7 Å². The standard InChI is InChI=1S/C27H26N2OS/c1-18-7-5-6-8-23(18)26-29-24(17-31-26)19-11-15-22(16-12-19)28-25(30)20-9-13-21(14-10-20)27(2,3)4/h5-17H,1-4H3,(H,28,30). The molecular weight excluding hydrogens is 400 g/mol. The van der Waals surface area contributed by atoms with Gasteiger partial charge in [0.25, 0.3) is 5.91 Å². The SMILES string of the molecule is Cc1ccccc1-c1nc(-c2ccc(NC(=O)c3ccc(C(C)(C)C)cc3)cc2)cs1. The Bertz CT molecular complexity index is 1200. The zero-order chi connectivity index (χ0) is 22.0. The van der Waals surface area contributed by atoms with Crippen molar-refractivity contribution >= 4 is 22.9 Å². The number of nitrogens with zero attached hydrogens (tertiary/aromatic N) is 1. The van der Waals surface area contributed by atoms with Gasteiger partial charge in [-0.3, -0.25) is 4.79 Å². The number of amides is 1. The van der Waals surface area contributed by atoms with Crippen LogP contribution in [0.15, 0.2) is 78.2 Å². The summed E-state index contributed by atoms with van der Waals surface area (Å²) in [4.78, 5) is 17.4. The van der Waals surface area contributed by atoms with Crippen LogP contribution in [0.4, 0.5) is 5.69 Å². The van der Waals surface area contributed by atoms with Crippen molar-refractivity contribution in [3.8, 4) is 21.8 Å². The highest BCUT2D eigenvalue weighted by molar-refractivity contribution is 7.13. The molecule has 0 spiro atoms. The third-order valence-electron chi connectivity index (χ3n) is 5.33. The van der Waals surface area contributed by atoms with Crippen molar-refractivity contribution in [3.63, 3.8) is 0 Å². The molecule has 0 fully saturated rings. The molecule has 0 saturated heterocycles. The fourth-order valence-electron chi connectivity index (χ4n) is 3.39. The van der Waals surface area contributed by atoms with Crippen LogP contribution in [0.1, 0.15) is 42.3 Å². The van der Waals surface area contributed by atoms with E-state index in [0.717, 1.165) is 22.0 Å². The quantitative estimate of drug-likeness (QED) is 0.371. The fourth-order valence-corrected chi connectivity index (χ4v) is 4.31. The molecule has 0 radical (unpaired) electrons. The van der Waals surface area contributed by atoms with Crippen molar-refractivity contribution in [2.24, 2.45) is 0 Å². The highest BCUT2D eigenvalue weighted by Gasteiger charge is 2.14. The van der Waals surface area contributed by atoms with Crippen LogP contribution in [-0.2, 0) is 5.41 Å². The summed E-state index contributed by atoms with van der Waals surface area (Å²) in [6.07, 6.45) is 0. The molecule has 3 nitrogen and oxygen atoms in total. The van der Waals surface area contributed by atoms with Gasteiger partial charge in [-0.05, 0) is 47.7 Å². The number of hydrogen-bond donors (Lipinski definition) is 1. The van der Waals surface area contributed by atoms with Gasteiger partial charge in [0.2, 0.25) is 0 Å². The van der Waals surface area contributed by atoms with Gasteiger partial charge < -0.3 is 5.32 Å². The predicted octanol–water partition coefficient (Wildman–Crippen LogP) is 7.34. The van der Waals surface area contributed by atoms with E-state index < -0.39 is 0 Å². The molecule has 1 heterocycles. The van der Waals surface area contributed by atoms with E-state index in [0.29, 0.717) is 5.56 Å². The lowest BCUT2D eigenvalue weighted by atomic mass is 9.87. The van der Waals surface area contributed by atoms with E-state index in [9.17, 15) is 4.79 Å². The van der Waals surface area contributed by atoms with E-state index >= 15 is 0 Å². The second kappa shape index (κ2) is 8.48. The number of carbonyl (C=O) groups excluding carboxylic acids is 1. The summed E-state index contributed by atoms with van der Waals surface area (Å²) < 4.78 is 0. The number of rotatable bonds is 4. The van der Waals surface area contributed by atoms with Crippen LogP contribution in [0.25, 0.3) is 21.8 Å². The summed E-state index contributed by atoms with van der Waals surface area (Å²) in [7, 11) is 0. The minimum atomic E-state index is -0.108. The Morgan fingerprint density at radius 1 is 0.903 bits per heavy atom. The molecule has 3 aromatic carbocycles. The van der Waals surface area contributed by atoms with E-state index in [1.165, 1.54) is 16.7 Å². The molecule has 4 aromatic rings. The van der Waals surface area contributed by atoms with Crippen LogP contribution in [0.5, 0.6) is 0 Å². The summed E-state index contributed by atoms with van der Waals surface area (Å²) >= 11 is 1.65. The normalized spacial score (nSPS) is 11.4. The molecule has 1 aromatic heterocycles. The molecule has 0 unspecified atom stereocenters. The molecule has 0 atom stereocenters. The zero-order valence-electron chi connectivity index (χ0n) is 18.3. The van der Waals surface area contributed by atoms with Crippen molar-refractivity contribution in [1.82, 2.24) is 4.98 Å². The first-order valence-corrected chi connectivity index (χ1v) is 11.2.